The van der Waals surface area contributed by atoms with Gasteiger partial charge in [-0.15, -0.1) is 0 Å². The third-order valence-electron chi connectivity index (χ3n) is 2.01. The third-order valence-corrected chi connectivity index (χ3v) is 2.01. The highest BCUT2D eigenvalue weighted by Gasteiger charge is 2.11. The monoisotopic (exact) mass is 176 g/mol. The molecule has 0 saturated heterocycles. The Balaban J connectivity index is 2.20. The summed E-state index contributed by atoms with van der Waals surface area (Å²) in [4.78, 5) is 0. The van der Waals surface area contributed by atoms with Crippen LogP contribution in [0.2, 0.25) is 0 Å². The summed E-state index contributed by atoms with van der Waals surface area (Å²) < 4.78 is 5.39. The lowest BCUT2D eigenvalue weighted by Gasteiger charge is -2.02. The summed E-state index contributed by atoms with van der Waals surface area (Å²) in [5.41, 5.74) is 5.21. The van der Waals surface area contributed by atoms with Crippen LogP contribution in [-0.4, -0.2) is 12.8 Å². The highest BCUT2D eigenvalue weighted by Crippen LogP contribution is 2.27. The van der Waals surface area contributed by atoms with Crippen LogP contribution in [0.15, 0.2) is 23.3 Å². The zero-order valence-corrected chi connectivity index (χ0v) is 7.58. The van der Waals surface area contributed by atoms with Gasteiger partial charge in [0.25, 0.3) is 0 Å². The predicted molar refractivity (Wildman–Crippen MR) is 53.4 cm³/mol. The molecule has 13 heavy (non-hydrogen) atoms. The van der Waals surface area contributed by atoms with Gasteiger partial charge in [0.2, 0.25) is 0 Å². The fourth-order valence-electron chi connectivity index (χ4n) is 1.40. The zero-order chi connectivity index (χ0) is 9.10. The second-order valence-corrected chi connectivity index (χ2v) is 2.92. The van der Waals surface area contributed by atoms with Crippen LogP contribution in [0.1, 0.15) is 12.5 Å². The molecular weight excluding hydrogens is 164 g/mol. The number of fused-ring (bicyclic) bond motifs is 1. The summed E-state index contributed by atoms with van der Waals surface area (Å²) in [7, 11) is 0. The van der Waals surface area contributed by atoms with E-state index in [1.54, 1.807) is 6.21 Å². The second-order valence-electron chi connectivity index (χ2n) is 2.92. The topological polar surface area (TPSA) is 33.6 Å². The fraction of sp³-hybridized carbons (Fsp3) is 0.300. The first-order chi connectivity index (χ1) is 6.40. The van der Waals surface area contributed by atoms with Crippen LogP contribution >= 0.6 is 0 Å². The van der Waals surface area contributed by atoms with E-state index in [0.717, 1.165) is 24.5 Å². The molecule has 68 valence electrons. The number of hydrazone groups is 1. The standard InChI is InChI=1S/C10H12N2O/c1-2-11-12-9-3-4-10-8(7-9)5-6-13-10/h2-4,7,12H,5-6H2,1H3/b11-2+. The lowest BCUT2D eigenvalue weighted by molar-refractivity contribution is 0.357. The Bertz CT molecular complexity index is 334. The van der Waals surface area contributed by atoms with Crippen LogP contribution in [0.25, 0.3) is 0 Å². The van der Waals surface area contributed by atoms with E-state index in [4.69, 9.17) is 4.74 Å². The molecule has 0 aromatic heterocycles. The molecule has 0 saturated carbocycles. The maximum Gasteiger partial charge on any atom is 0.122 e. The Labute approximate surface area is 77.4 Å². The minimum atomic E-state index is 0.801. The summed E-state index contributed by atoms with van der Waals surface area (Å²) in [6.07, 6.45) is 2.73. The van der Waals surface area contributed by atoms with Crippen molar-refractivity contribution in [2.75, 3.05) is 12.0 Å². The minimum absolute atomic E-state index is 0.801. The van der Waals surface area contributed by atoms with Gasteiger partial charge in [0, 0.05) is 12.6 Å². The fourth-order valence-corrected chi connectivity index (χ4v) is 1.40. The van der Waals surface area contributed by atoms with Gasteiger partial charge in [-0.05, 0) is 30.7 Å². The van der Waals surface area contributed by atoms with E-state index < -0.39 is 0 Å². The summed E-state index contributed by atoms with van der Waals surface area (Å²) in [5.74, 6) is 1.01. The molecule has 0 aliphatic carbocycles. The highest BCUT2D eigenvalue weighted by atomic mass is 16.5. The number of nitrogens with zero attached hydrogens (tertiary/aromatic N) is 1. The summed E-state index contributed by atoms with van der Waals surface area (Å²) in [6, 6.07) is 6.03. The van der Waals surface area contributed by atoms with Crippen molar-refractivity contribution < 1.29 is 4.74 Å². The molecule has 0 bridgehead atoms. The van der Waals surface area contributed by atoms with Crippen LogP contribution in [0.5, 0.6) is 5.75 Å². The summed E-state index contributed by atoms with van der Waals surface area (Å²) >= 11 is 0. The van der Waals surface area contributed by atoms with Crippen LogP contribution in [0.3, 0.4) is 0 Å². The van der Waals surface area contributed by atoms with Gasteiger partial charge < -0.3 is 4.74 Å². The molecule has 1 aromatic carbocycles. The maximum atomic E-state index is 5.39. The van der Waals surface area contributed by atoms with E-state index in [9.17, 15) is 0 Å². The van der Waals surface area contributed by atoms with Gasteiger partial charge >= 0.3 is 0 Å². The molecule has 0 unspecified atom stereocenters. The molecular formula is C10H12N2O. The lowest BCUT2D eigenvalue weighted by atomic mass is 10.1. The number of ether oxygens (including phenoxy) is 1. The Morgan fingerprint density at radius 3 is 3.31 bits per heavy atom. The first-order valence-corrected chi connectivity index (χ1v) is 4.39. The van der Waals surface area contributed by atoms with E-state index in [-0.39, 0.29) is 0 Å². The highest BCUT2D eigenvalue weighted by molar-refractivity contribution is 5.58. The van der Waals surface area contributed by atoms with Gasteiger partial charge in [-0.2, -0.15) is 5.10 Å². The van der Waals surface area contributed by atoms with Crippen LogP contribution in [0.4, 0.5) is 5.69 Å². The first kappa shape index (κ1) is 8.10. The molecule has 1 N–H and O–H groups in total. The predicted octanol–water partition coefficient (Wildman–Crippen LogP) is 2.04. The van der Waals surface area contributed by atoms with E-state index in [1.807, 2.05) is 19.1 Å². The molecule has 0 radical (unpaired) electrons. The van der Waals surface area contributed by atoms with Gasteiger partial charge in [-0.25, -0.2) is 0 Å². The number of hydrogen-bond donors (Lipinski definition) is 1. The smallest absolute Gasteiger partial charge is 0.122 e. The summed E-state index contributed by atoms with van der Waals surface area (Å²) in [5, 5.41) is 3.95. The Kier molecular flexibility index (Phi) is 2.17. The first-order valence-electron chi connectivity index (χ1n) is 4.39. The normalized spacial score (nSPS) is 14.2. The van der Waals surface area contributed by atoms with Gasteiger partial charge in [0.15, 0.2) is 0 Å². The van der Waals surface area contributed by atoms with E-state index in [2.05, 4.69) is 16.6 Å². The molecule has 0 fully saturated rings. The molecule has 1 aliphatic rings. The molecule has 2 rings (SSSR count). The van der Waals surface area contributed by atoms with Crippen molar-refractivity contribution in [2.45, 2.75) is 13.3 Å². The van der Waals surface area contributed by atoms with E-state index >= 15 is 0 Å². The van der Waals surface area contributed by atoms with Crippen LogP contribution < -0.4 is 10.2 Å². The molecule has 1 aromatic rings. The van der Waals surface area contributed by atoms with Crippen molar-refractivity contribution >= 4 is 11.9 Å². The number of hydrogen-bond acceptors (Lipinski definition) is 3. The molecule has 0 atom stereocenters. The van der Waals surface area contributed by atoms with Crippen molar-refractivity contribution in [3.63, 3.8) is 0 Å². The molecule has 0 spiro atoms. The Hall–Kier alpha value is -1.51. The van der Waals surface area contributed by atoms with Gasteiger partial charge in [0.1, 0.15) is 5.75 Å². The number of nitrogens with one attached hydrogen (secondary N) is 1. The van der Waals surface area contributed by atoms with Gasteiger partial charge in [-0.1, -0.05) is 0 Å². The molecule has 3 heteroatoms. The SMILES string of the molecule is C/C=N/Nc1ccc2c(c1)CCO2. The molecule has 0 amide bonds. The molecule has 1 aliphatic heterocycles. The number of anilines is 1. The quantitative estimate of drug-likeness (QED) is 0.552. The minimum Gasteiger partial charge on any atom is -0.493 e. The van der Waals surface area contributed by atoms with Gasteiger partial charge in [-0.3, -0.25) is 5.43 Å². The molecule has 3 nitrogen and oxygen atoms in total. The average molecular weight is 176 g/mol. The van der Waals surface area contributed by atoms with Crippen LogP contribution in [-0.2, 0) is 6.42 Å². The van der Waals surface area contributed by atoms with Crippen molar-refractivity contribution in [1.82, 2.24) is 0 Å². The van der Waals surface area contributed by atoms with Crippen LogP contribution in [0, 0.1) is 0 Å². The number of benzene rings is 1. The average Bonchev–Trinajstić information content (AvgIpc) is 2.61. The van der Waals surface area contributed by atoms with E-state index in [1.165, 1.54) is 5.56 Å². The molecule has 1 heterocycles. The second kappa shape index (κ2) is 3.47. The largest absolute Gasteiger partial charge is 0.493 e. The Morgan fingerprint density at radius 2 is 2.46 bits per heavy atom. The van der Waals surface area contributed by atoms with Crippen molar-refractivity contribution in [3.8, 4) is 5.75 Å². The number of rotatable bonds is 2. The van der Waals surface area contributed by atoms with Crippen molar-refractivity contribution in [2.24, 2.45) is 5.10 Å². The Morgan fingerprint density at radius 1 is 1.54 bits per heavy atom. The van der Waals surface area contributed by atoms with E-state index in [0.29, 0.717) is 0 Å². The maximum absolute atomic E-state index is 5.39. The lowest BCUT2D eigenvalue weighted by Crippen LogP contribution is -1.88. The summed E-state index contributed by atoms with van der Waals surface area (Å²) in [6.45, 7) is 2.68. The zero-order valence-electron chi connectivity index (χ0n) is 7.58. The van der Waals surface area contributed by atoms with Crippen molar-refractivity contribution in [1.29, 1.82) is 0 Å². The third kappa shape index (κ3) is 1.64. The van der Waals surface area contributed by atoms with Crippen molar-refractivity contribution in [3.05, 3.63) is 23.8 Å². The van der Waals surface area contributed by atoms with Gasteiger partial charge in [0.05, 0.1) is 12.3 Å².